The van der Waals surface area contributed by atoms with Gasteiger partial charge in [0, 0.05) is 5.75 Å². The molecule has 0 aliphatic rings. The molecule has 2 aromatic carbocycles. The summed E-state index contributed by atoms with van der Waals surface area (Å²) in [5.41, 5.74) is 1.88. The molecule has 6 nitrogen and oxygen atoms in total. The Morgan fingerprint density at radius 2 is 1.59 bits per heavy atom. The van der Waals surface area contributed by atoms with Gasteiger partial charge in [-0.05, 0) is 30.7 Å². The average Bonchev–Trinajstić information content (AvgIpc) is 2.73. The zero-order chi connectivity index (χ0) is 21.1. The predicted octanol–water partition coefficient (Wildman–Crippen LogP) is 2.75. The molecule has 0 saturated carbocycles. The highest BCUT2D eigenvalue weighted by molar-refractivity contribution is 7.98. The minimum atomic E-state index is -0.759. The summed E-state index contributed by atoms with van der Waals surface area (Å²) in [4.78, 5) is 24.9. The van der Waals surface area contributed by atoms with Gasteiger partial charge in [-0.15, -0.1) is 0 Å². The van der Waals surface area contributed by atoms with Gasteiger partial charge in [-0.25, -0.2) is 4.79 Å². The fraction of sp³-hybridized carbons (Fsp3) is 0.364. The summed E-state index contributed by atoms with van der Waals surface area (Å²) in [7, 11) is 0. The van der Waals surface area contributed by atoms with Crippen molar-refractivity contribution in [2.24, 2.45) is 0 Å². The first kappa shape index (κ1) is 22.8. The lowest BCUT2D eigenvalue weighted by atomic mass is 10.0. The molecule has 0 unspecified atom stereocenters. The highest BCUT2D eigenvalue weighted by Crippen LogP contribution is 2.08. The maximum atomic E-state index is 12.7. The quantitative estimate of drug-likeness (QED) is 0.554. The lowest BCUT2D eigenvalue weighted by Crippen LogP contribution is -2.53. The van der Waals surface area contributed by atoms with Crippen LogP contribution >= 0.6 is 11.8 Å². The first-order valence-corrected chi connectivity index (χ1v) is 10.9. The standard InChI is InChI=1S/C22H28N2O4S/c1-16(25)19(13-17-9-5-3-6-10-17)23-21(26)20(15-29-2)24-22(27)28-14-18-11-7-4-8-12-18/h3-12,16,19-20,25H,13-15H2,1-2H3,(H,23,26)(H,24,27)/t16-,19+,20+/m1/s1. The van der Waals surface area contributed by atoms with E-state index in [0.717, 1.165) is 11.1 Å². The summed E-state index contributed by atoms with van der Waals surface area (Å²) in [6, 6.07) is 17.7. The van der Waals surface area contributed by atoms with Gasteiger partial charge in [0.2, 0.25) is 5.91 Å². The van der Waals surface area contributed by atoms with Crippen molar-refractivity contribution in [2.75, 3.05) is 12.0 Å². The number of ether oxygens (including phenoxy) is 1. The predicted molar refractivity (Wildman–Crippen MR) is 116 cm³/mol. The van der Waals surface area contributed by atoms with Crippen LogP contribution in [-0.2, 0) is 22.6 Å². The molecule has 3 atom stereocenters. The van der Waals surface area contributed by atoms with Crippen LogP contribution in [-0.4, -0.2) is 47.3 Å². The maximum Gasteiger partial charge on any atom is 0.408 e. The molecule has 2 rings (SSSR count). The molecular formula is C22H28N2O4S. The van der Waals surface area contributed by atoms with Crippen LogP contribution in [0, 0.1) is 0 Å². The molecule has 3 N–H and O–H groups in total. The summed E-state index contributed by atoms with van der Waals surface area (Å²) in [5.74, 6) is 0.0438. The third-order valence-corrected chi connectivity index (χ3v) is 5.03. The van der Waals surface area contributed by atoms with E-state index in [1.165, 1.54) is 11.8 Å². The lowest BCUT2D eigenvalue weighted by molar-refractivity contribution is -0.124. The Morgan fingerprint density at radius 1 is 1.00 bits per heavy atom. The number of aliphatic hydroxyl groups is 1. The molecular weight excluding hydrogens is 388 g/mol. The van der Waals surface area contributed by atoms with Crippen molar-refractivity contribution in [3.8, 4) is 0 Å². The van der Waals surface area contributed by atoms with Crippen molar-refractivity contribution in [1.29, 1.82) is 0 Å². The second-order valence-corrected chi connectivity index (χ2v) is 7.67. The summed E-state index contributed by atoms with van der Waals surface area (Å²) in [6.45, 7) is 1.77. The Kier molecular flexibility index (Phi) is 9.53. The second-order valence-electron chi connectivity index (χ2n) is 6.76. The van der Waals surface area contributed by atoms with Crippen molar-refractivity contribution in [2.45, 2.75) is 38.1 Å². The minimum Gasteiger partial charge on any atom is -0.445 e. The number of benzene rings is 2. The van der Waals surface area contributed by atoms with Gasteiger partial charge in [0.1, 0.15) is 12.6 Å². The monoisotopic (exact) mass is 416 g/mol. The number of nitrogens with one attached hydrogen (secondary N) is 2. The van der Waals surface area contributed by atoms with Crippen molar-refractivity contribution in [1.82, 2.24) is 10.6 Å². The first-order valence-electron chi connectivity index (χ1n) is 9.48. The number of carbonyl (C=O) groups is 2. The Bertz CT molecular complexity index is 756. The first-order chi connectivity index (χ1) is 14.0. The maximum absolute atomic E-state index is 12.7. The summed E-state index contributed by atoms with van der Waals surface area (Å²) in [6.07, 6.45) is 0.959. The third-order valence-electron chi connectivity index (χ3n) is 4.36. The van der Waals surface area contributed by atoms with Gasteiger partial charge in [0.25, 0.3) is 0 Å². The van der Waals surface area contributed by atoms with E-state index in [0.29, 0.717) is 12.2 Å². The van der Waals surface area contributed by atoms with Gasteiger partial charge in [-0.1, -0.05) is 60.7 Å². The number of hydrogen-bond acceptors (Lipinski definition) is 5. The largest absolute Gasteiger partial charge is 0.445 e. The van der Waals surface area contributed by atoms with Crippen LogP contribution in [0.2, 0.25) is 0 Å². The van der Waals surface area contributed by atoms with Crippen molar-refractivity contribution < 1.29 is 19.4 Å². The highest BCUT2D eigenvalue weighted by atomic mass is 32.2. The summed E-state index contributed by atoms with van der Waals surface area (Å²) < 4.78 is 5.21. The van der Waals surface area contributed by atoms with Gasteiger partial charge in [-0.3, -0.25) is 4.79 Å². The molecule has 0 saturated heterocycles. The van der Waals surface area contributed by atoms with Crippen molar-refractivity contribution in [3.63, 3.8) is 0 Å². The van der Waals surface area contributed by atoms with Gasteiger partial charge >= 0.3 is 6.09 Å². The fourth-order valence-electron chi connectivity index (χ4n) is 2.75. The van der Waals surface area contributed by atoms with E-state index >= 15 is 0 Å². The van der Waals surface area contributed by atoms with Crippen LogP contribution in [0.5, 0.6) is 0 Å². The molecule has 0 aromatic heterocycles. The SMILES string of the molecule is CSC[C@H](NC(=O)OCc1ccccc1)C(=O)N[C@@H](Cc1ccccc1)[C@@H](C)O. The number of hydrogen-bond donors (Lipinski definition) is 3. The van der Waals surface area contributed by atoms with Crippen LogP contribution in [0.15, 0.2) is 60.7 Å². The highest BCUT2D eigenvalue weighted by Gasteiger charge is 2.25. The topological polar surface area (TPSA) is 87.7 Å². The average molecular weight is 417 g/mol. The van der Waals surface area contributed by atoms with Crippen molar-refractivity contribution in [3.05, 3.63) is 71.8 Å². The molecule has 0 fully saturated rings. The second kappa shape index (κ2) is 12.1. The fourth-order valence-corrected chi connectivity index (χ4v) is 3.32. The molecule has 156 valence electrons. The Labute approximate surface area is 176 Å². The molecule has 29 heavy (non-hydrogen) atoms. The number of amides is 2. The molecule has 0 radical (unpaired) electrons. The van der Waals surface area contributed by atoms with Crippen LogP contribution in [0.25, 0.3) is 0 Å². The van der Waals surface area contributed by atoms with E-state index in [2.05, 4.69) is 10.6 Å². The van der Waals surface area contributed by atoms with Crippen molar-refractivity contribution >= 4 is 23.8 Å². The number of thioether (sulfide) groups is 1. The van der Waals surface area contributed by atoms with Crippen LogP contribution in [0.4, 0.5) is 4.79 Å². The zero-order valence-electron chi connectivity index (χ0n) is 16.7. The zero-order valence-corrected chi connectivity index (χ0v) is 17.5. The van der Waals surface area contributed by atoms with E-state index in [1.807, 2.05) is 66.9 Å². The number of rotatable bonds is 10. The lowest BCUT2D eigenvalue weighted by Gasteiger charge is -2.25. The molecule has 0 spiro atoms. The molecule has 0 heterocycles. The summed E-state index contributed by atoms with van der Waals surface area (Å²) in [5, 5.41) is 15.6. The summed E-state index contributed by atoms with van der Waals surface area (Å²) >= 11 is 1.44. The third kappa shape index (κ3) is 8.17. The van der Waals surface area contributed by atoms with E-state index in [-0.39, 0.29) is 12.5 Å². The number of carbonyl (C=O) groups excluding carboxylic acids is 2. The molecule has 2 aromatic rings. The Hall–Kier alpha value is -2.51. The van der Waals surface area contributed by atoms with E-state index in [1.54, 1.807) is 6.92 Å². The molecule has 0 bridgehead atoms. The van der Waals surface area contributed by atoms with Crippen LogP contribution in [0.3, 0.4) is 0 Å². The van der Waals surface area contributed by atoms with Gasteiger partial charge < -0.3 is 20.5 Å². The molecule has 7 heteroatoms. The Morgan fingerprint density at radius 3 is 2.14 bits per heavy atom. The molecule has 0 aliphatic heterocycles. The van der Waals surface area contributed by atoms with E-state index in [4.69, 9.17) is 4.74 Å². The van der Waals surface area contributed by atoms with Gasteiger partial charge in [0.05, 0.1) is 12.1 Å². The van der Waals surface area contributed by atoms with Crippen LogP contribution in [0.1, 0.15) is 18.1 Å². The Balaban J connectivity index is 1.92. The molecule has 0 aliphatic carbocycles. The van der Waals surface area contributed by atoms with Crippen LogP contribution < -0.4 is 10.6 Å². The molecule has 2 amide bonds. The minimum absolute atomic E-state index is 0.130. The number of aliphatic hydroxyl groups excluding tert-OH is 1. The van der Waals surface area contributed by atoms with Gasteiger partial charge in [-0.2, -0.15) is 11.8 Å². The van der Waals surface area contributed by atoms with E-state index in [9.17, 15) is 14.7 Å². The smallest absolute Gasteiger partial charge is 0.408 e. The van der Waals surface area contributed by atoms with E-state index < -0.39 is 24.3 Å². The van der Waals surface area contributed by atoms with Gasteiger partial charge in [0.15, 0.2) is 0 Å². The normalized spacial score (nSPS) is 13.8. The number of alkyl carbamates (subject to hydrolysis) is 1.